The van der Waals surface area contributed by atoms with E-state index in [9.17, 15) is 13.0 Å². The first-order valence-corrected chi connectivity index (χ1v) is 7.82. The van der Waals surface area contributed by atoms with Crippen molar-refractivity contribution in [3.8, 4) is 0 Å². The first-order chi connectivity index (χ1) is 9.12. The number of benzene rings is 1. The minimum Gasteiger partial charge on any atom is -0.744 e. The van der Waals surface area contributed by atoms with Gasteiger partial charge in [-0.25, -0.2) is 14.3 Å². The number of aryl methyl sites for hydroxylation is 3. The van der Waals surface area contributed by atoms with Crippen LogP contribution < -0.4 is 16.4 Å². The average Bonchev–Trinajstić information content (AvgIpc) is 2.60. The molecule has 0 spiro atoms. The standard InChI is InChI=1S/C9H12O3S.C2H4N4S/c1-6-4-7(2)9(8(3)5-6)13(10,11)12;3-2-6(4)5-1-7-2/h4-5H,1-3H3,(H,10,11,12);1,3H,4H2. The molecule has 0 bridgehead atoms. The summed E-state index contributed by atoms with van der Waals surface area (Å²) in [5.41, 5.74) is 8.81. The molecule has 110 valence electrons. The molecule has 4 N–H and O–H groups in total. The molecule has 0 aliphatic carbocycles. The van der Waals surface area contributed by atoms with Crippen LogP contribution in [0.15, 0.2) is 22.5 Å². The van der Waals surface area contributed by atoms with Gasteiger partial charge in [0, 0.05) is 0 Å². The van der Waals surface area contributed by atoms with Crippen LogP contribution in [0.25, 0.3) is 0 Å². The van der Waals surface area contributed by atoms with Crippen molar-refractivity contribution in [3.63, 3.8) is 0 Å². The van der Waals surface area contributed by atoms with Gasteiger partial charge in [0.05, 0.1) is 4.90 Å². The van der Waals surface area contributed by atoms with Crippen molar-refractivity contribution < 1.29 is 17.8 Å². The van der Waals surface area contributed by atoms with Gasteiger partial charge in [-0.15, -0.1) is 0 Å². The summed E-state index contributed by atoms with van der Waals surface area (Å²) in [7, 11) is -4.33. The van der Waals surface area contributed by atoms with E-state index in [1.807, 2.05) is 6.92 Å². The molecular formula is C11H16N4O3S2. The van der Waals surface area contributed by atoms with Gasteiger partial charge in [-0.2, -0.15) is 0 Å². The van der Waals surface area contributed by atoms with Crippen LogP contribution in [-0.2, 0) is 10.1 Å². The van der Waals surface area contributed by atoms with Crippen LogP contribution in [0, 0.1) is 20.8 Å². The summed E-state index contributed by atoms with van der Waals surface area (Å²) < 4.78 is 32.5. The van der Waals surface area contributed by atoms with E-state index in [1.54, 1.807) is 31.5 Å². The highest BCUT2D eigenvalue weighted by Gasteiger charge is 2.09. The Hall–Kier alpha value is -1.71. The lowest BCUT2D eigenvalue weighted by Gasteiger charge is -2.14. The van der Waals surface area contributed by atoms with E-state index < -0.39 is 10.1 Å². The molecule has 0 amide bonds. The van der Waals surface area contributed by atoms with Crippen molar-refractivity contribution in [2.45, 2.75) is 25.7 Å². The van der Waals surface area contributed by atoms with E-state index in [-0.39, 0.29) is 4.90 Å². The zero-order valence-corrected chi connectivity index (χ0v) is 13.0. The van der Waals surface area contributed by atoms with Gasteiger partial charge >= 0.3 is 5.13 Å². The maximum atomic E-state index is 10.8. The summed E-state index contributed by atoms with van der Waals surface area (Å²) in [6.07, 6.45) is 0. The predicted octanol–water partition coefficient (Wildman–Crippen LogP) is 0.243. The van der Waals surface area contributed by atoms with Gasteiger partial charge in [-0.1, -0.05) is 22.8 Å². The average molecular weight is 316 g/mol. The third-order valence-electron chi connectivity index (χ3n) is 2.43. The summed E-state index contributed by atoms with van der Waals surface area (Å²) >= 11 is 1.31. The van der Waals surface area contributed by atoms with Gasteiger partial charge in [-0.3, -0.25) is 5.73 Å². The molecule has 0 aliphatic rings. The zero-order chi connectivity index (χ0) is 15.5. The maximum absolute atomic E-state index is 10.8. The van der Waals surface area contributed by atoms with Crippen LogP contribution in [-0.4, -0.2) is 18.1 Å². The molecule has 1 aromatic carbocycles. The summed E-state index contributed by atoms with van der Waals surface area (Å²) in [6, 6.07) is 3.38. The maximum Gasteiger partial charge on any atom is 0.378 e. The first kappa shape index (κ1) is 16.3. The topological polar surface area (TPSA) is 126 Å². The monoisotopic (exact) mass is 316 g/mol. The number of hydrogen-bond acceptors (Lipinski definition) is 7. The molecule has 0 atom stereocenters. The second kappa shape index (κ2) is 6.16. The number of nitrogen functional groups attached to an aromatic ring is 2. The van der Waals surface area contributed by atoms with E-state index in [0.717, 1.165) is 10.4 Å². The van der Waals surface area contributed by atoms with Crippen molar-refractivity contribution in [3.05, 3.63) is 34.3 Å². The lowest BCUT2D eigenvalue weighted by molar-refractivity contribution is -0.681. The van der Waals surface area contributed by atoms with E-state index >= 15 is 0 Å². The molecule has 9 heteroatoms. The van der Waals surface area contributed by atoms with Crippen LogP contribution >= 0.6 is 11.3 Å². The molecule has 0 saturated carbocycles. The number of hydrogen-bond donors (Lipinski definition) is 2. The predicted molar refractivity (Wildman–Crippen MR) is 75.5 cm³/mol. The molecule has 0 saturated heterocycles. The van der Waals surface area contributed by atoms with Crippen molar-refractivity contribution in [1.29, 1.82) is 0 Å². The number of anilines is 1. The van der Waals surface area contributed by atoms with Crippen LogP contribution in [0.2, 0.25) is 0 Å². The van der Waals surface area contributed by atoms with Gasteiger partial charge in [-0.05, 0) is 48.0 Å². The highest BCUT2D eigenvalue weighted by atomic mass is 32.2. The van der Waals surface area contributed by atoms with Crippen LogP contribution in [0.4, 0.5) is 5.13 Å². The largest absolute Gasteiger partial charge is 0.744 e. The summed E-state index contributed by atoms with van der Waals surface area (Å²) in [4.78, 5) is 1.04. The Morgan fingerprint density at radius 1 is 1.25 bits per heavy atom. The SMILES string of the molecule is Cc1cc(C)c(S(=O)(=O)[O-])c(C)c1.Nc1scn[n+]1N. The Morgan fingerprint density at radius 2 is 1.75 bits per heavy atom. The Morgan fingerprint density at radius 3 is 2.00 bits per heavy atom. The Labute approximate surface area is 121 Å². The minimum absolute atomic E-state index is 0.0851. The fraction of sp³-hybridized carbons (Fsp3) is 0.273. The molecule has 1 heterocycles. The highest BCUT2D eigenvalue weighted by Crippen LogP contribution is 2.20. The molecule has 0 aliphatic heterocycles. The third kappa shape index (κ3) is 4.15. The zero-order valence-electron chi connectivity index (χ0n) is 11.3. The number of aromatic nitrogens is 2. The van der Waals surface area contributed by atoms with E-state index in [1.165, 1.54) is 11.3 Å². The quantitative estimate of drug-likeness (QED) is 0.441. The van der Waals surface area contributed by atoms with Gasteiger partial charge in [0.1, 0.15) is 15.6 Å². The van der Waals surface area contributed by atoms with Crippen molar-refractivity contribution >= 4 is 26.6 Å². The molecule has 0 radical (unpaired) electrons. The van der Waals surface area contributed by atoms with Crippen LogP contribution in [0.3, 0.4) is 0 Å². The van der Waals surface area contributed by atoms with Gasteiger partial charge < -0.3 is 4.55 Å². The molecule has 2 rings (SSSR count). The molecule has 0 unspecified atom stereocenters. The first-order valence-electron chi connectivity index (χ1n) is 5.53. The van der Waals surface area contributed by atoms with Crippen LogP contribution in [0.1, 0.15) is 16.7 Å². The fourth-order valence-corrected chi connectivity index (χ4v) is 3.12. The van der Waals surface area contributed by atoms with Crippen molar-refractivity contribution in [1.82, 2.24) is 5.10 Å². The summed E-state index contributed by atoms with van der Waals surface area (Å²) in [5.74, 6) is 5.13. The number of rotatable bonds is 1. The smallest absolute Gasteiger partial charge is 0.378 e. The lowest BCUT2D eigenvalue weighted by atomic mass is 10.1. The molecule has 20 heavy (non-hydrogen) atoms. The van der Waals surface area contributed by atoms with E-state index in [0.29, 0.717) is 16.3 Å². The minimum atomic E-state index is -4.33. The van der Waals surface area contributed by atoms with E-state index in [2.05, 4.69) is 5.10 Å². The molecule has 2 aromatic rings. The molecule has 1 aromatic heterocycles. The number of nitrogens with two attached hydrogens (primary N) is 2. The third-order valence-corrected chi connectivity index (χ3v) is 4.20. The van der Waals surface area contributed by atoms with E-state index in [4.69, 9.17) is 11.6 Å². The fourth-order valence-electron chi connectivity index (χ4n) is 1.80. The number of nitrogens with zero attached hydrogens (tertiary/aromatic N) is 2. The highest BCUT2D eigenvalue weighted by molar-refractivity contribution is 7.85. The summed E-state index contributed by atoms with van der Waals surface area (Å²) in [5, 5.41) is 4.12. The lowest BCUT2D eigenvalue weighted by Crippen LogP contribution is -2.47. The molecule has 7 nitrogen and oxygen atoms in total. The second-order valence-corrected chi connectivity index (χ2v) is 6.38. The second-order valence-electron chi connectivity index (χ2n) is 4.20. The normalized spacial score (nSPS) is 10.8. The van der Waals surface area contributed by atoms with Crippen molar-refractivity contribution in [2.24, 2.45) is 0 Å². The van der Waals surface area contributed by atoms with Gasteiger partial charge in [0.2, 0.25) is 0 Å². The summed E-state index contributed by atoms with van der Waals surface area (Å²) in [6.45, 7) is 5.12. The Bertz CT molecular complexity index is 671. The molecule has 0 fully saturated rings. The van der Waals surface area contributed by atoms with Gasteiger partial charge in [0.15, 0.2) is 0 Å². The molecular weight excluding hydrogens is 300 g/mol. The van der Waals surface area contributed by atoms with Crippen molar-refractivity contribution in [2.75, 3.05) is 11.6 Å². The Kier molecular flexibility index (Phi) is 5.03. The van der Waals surface area contributed by atoms with Crippen LogP contribution in [0.5, 0.6) is 0 Å². The van der Waals surface area contributed by atoms with Gasteiger partial charge in [0.25, 0.3) is 0 Å². The Balaban J connectivity index is 0.000000240.